The highest BCUT2D eigenvalue weighted by atomic mass is 35.5. The fourth-order valence-corrected chi connectivity index (χ4v) is 5.63. The van der Waals surface area contributed by atoms with Crippen LogP contribution in [0.15, 0.2) is 81.7 Å². The topological polar surface area (TPSA) is 68.4 Å². The first kappa shape index (κ1) is 24.0. The molecule has 0 spiro atoms. The van der Waals surface area contributed by atoms with Gasteiger partial charge in [-0.3, -0.25) is 14.2 Å². The zero-order valence-corrected chi connectivity index (χ0v) is 21.9. The third kappa shape index (κ3) is 4.25. The van der Waals surface area contributed by atoms with Crippen molar-refractivity contribution < 1.29 is 4.79 Å². The molecule has 1 amide bonds. The van der Waals surface area contributed by atoms with Crippen molar-refractivity contribution >= 4 is 40.6 Å². The van der Waals surface area contributed by atoms with Crippen molar-refractivity contribution in [1.29, 1.82) is 0 Å². The third-order valence-corrected chi connectivity index (χ3v) is 7.82. The number of para-hydroxylation sites is 1. The number of aromatic nitrogens is 2. The van der Waals surface area contributed by atoms with Gasteiger partial charge in [0.2, 0.25) is 0 Å². The summed E-state index contributed by atoms with van der Waals surface area (Å²) in [6, 6.07) is 17.9. The second-order valence-corrected chi connectivity index (χ2v) is 10.3. The molecule has 2 aromatic carbocycles. The predicted octanol–water partition coefficient (Wildman–Crippen LogP) is 4.48. The van der Waals surface area contributed by atoms with Crippen LogP contribution < -0.4 is 20.2 Å². The van der Waals surface area contributed by atoms with Crippen LogP contribution in [-0.2, 0) is 11.8 Å². The van der Waals surface area contributed by atoms with Gasteiger partial charge in [0.1, 0.15) is 0 Å². The Morgan fingerprint density at radius 2 is 1.78 bits per heavy atom. The number of carbonyl (C=O) groups excluding carboxylic acids is 1. The number of allylic oxidation sites excluding steroid dienone is 1. The molecular formula is C28H25ClN4O2S. The molecule has 0 radical (unpaired) electrons. The molecule has 0 unspecified atom stereocenters. The van der Waals surface area contributed by atoms with E-state index in [1.807, 2.05) is 76.4 Å². The van der Waals surface area contributed by atoms with Gasteiger partial charge in [-0.05, 0) is 68.3 Å². The smallest absolute Gasteiger partial charge is 0.271 e. The maximum Gasteiger partial charge on any atom is 0.271 e. The first-order valence-corrected chi connectivity index (χ1v) is 12.7. The Morgan fingerprint density at radius 3 is 2.42 bits per heavy atom. The van der Waals surface area contributed by atoms with Gasteiger partial charge in [-0.2, -0.15) is 0 Å². The van der Waals surface area contributed by atoms with E-state index in [0.29, 0.717) is 31.3 Å². The van der Waals surface area contributed by atoms with Gasteiger partial charge in [0.05, 0.1) is 21.8 Å². The molecule has 5 rings (SSSR count). The molecule has 0 saturated carbocycles. The van der Waals surface area contributed by atoms with Crippen molar-refractivity contribution in [3.05, 3.63) is 119 Å². The summed E-state index contributed by atoms with van der Waals surface area (Å²) < 4.78 is 4.28. The highest BCUT2D eigenvalue weighted by molar-refractivity contribution is 7.07. The van der Waals surface area contributed by atoms with Gasteiger partial charge in [0.25, 0.3) is 11.5 Å². The van der Waals surface area contributed by atoms with Crippen LogP contribution in [0.3, 0.4) is 0 Å². The number of thiazole rings is 1. The van der Waals surface area contributed by atoms with E-state index in [1.165, 1.54) is 11.3 Å². The van der Waals surface area contributed by atoms with Crippen molar-refractivity contribution in [1.82, 2.24) is 9.13 Å². The summed E-state index contributed by atoms with van der Waals surface area (Å²) in [6.07, 6.45) is 1.91. The second kappa shape index (κ2) is 9.41. The molecule has 1 aliphatic heterocycles. The van der Waals surface area contributed by atoms with Gasteiger partial charge in [-0.1, -0.05) is 53.3 Å². The number of nitrogens with one attached hydrogen (secondary N) is 1. The number of carbonyl (C=O) groups is 1. The van der Waals surface area contributed by atoms with Gasteiger partial charge < -0.3 is 9.88 Å². The fraction of sp³-hybridized carbons (Fsp3) is 0.179. The monoisotopic (exact) mass is 516 g/mol. The van der Waals surface area contributed by atoms with Crippen LogP contribution in [0.25, 0.3) is 6.08 Å². The number of halogens is 1. The number of amides is 1. The predicted molar refractivity (Wildman–Crippen MR) is 145 cm³/mol. The maximum absolute atomic E-state index is 13.8. The van der Waals surface area contributed by atoms with E-state index in [4.69, 9.17) is 16.6 Å². The lowest BCUT2D eigenvalue weighted by atomic mass is 9.95. The fourth-order valence-electron chi connectivity index (χ4n) is 4.46. The molecule has 0 fully saturated rings. The van der Waals surface area contributed by atoms with E-state index in [0.717, 1.165) is 22.5 Å². The summed E-state index contributed by atoms with van der Waals surface area (Å²) in [4.78, 5) is 32.6. The Bertz CT molecular complexity index is 1690. The molecule has 0 aliphatic carbocycles. The largest absolute Gasteiger partial charge is 0.352 e. The first-order chi connectivity index (χ1) is 17.2. The van der Waals surface area contributed by atoms with Gasteiger partial charge in [0, 0.05) is 29.1 Å². The second-order valence-electron chi connectivity index (χ2n) is 8.84. The van der Waals surface area contributed by atoms with E-state index in [2.05, 4.69) is 16.0 Å². The Morgan fingerprint density at radius 1 is 1.08 bits per heavy atom. The molecule has 1 atom stereocenters. The molecule has 0 saturated heterocycles. The van der Waals surface area contributed by atoms with Crippen molar-refractivity contribution in [2.24, 2.45) is 12.0 Å². The highest BCUT2D eigenvalue weighted by Gasteiger charge is 2.32. The molecule has 1 aliphatic rings. The number of fused-ring (bicyclic) bond motifs is 1. The number of anilines is 1. The molecule has 36 heavy (non-hydrogen) atoms. The molecule has 182 valence electrons. The van der Waals surface area contributed by atoms with Crippen LogP contribution in [0.5, 0.6) is 0 Å². The standard InChI is InChI=1S/C28H25ClN4O2S/c1-16-14-20(18(3)32(16)4)15-23-27(35)33-25(19-10-12-21(29)13-11-19)24(17(2)30-28(33)36-23)26(34)31-22-8-6-5-7-9-22/h5-15,25H,1-4H3,(H,31,34)/b23-15+/t25-/m1/s1. The SMILES string of the molecule is CC1=C(C(=O)Nc2ccccc2)[C@@H](c2ccc(Cl)cc2)n2c(s/c(=C/c3cc(C)n(C)c3C)c2=O)=N1. The average Bonchev–Trinajstić information content (AvgIpc) is 3.29. The quantitative estimate of drug-likeness (QED) is 0.434. The summed E-state index contributed by atoms with van der Waals surface area (Å²) in [5.74, 6) is -0.300. The van der Waals surface area contributed by atoms with Crippen LogP contribution in [0.2, 0.25) is 5.02 Å². The van der Waals surface area contributed by atoms with Crippen LogP contribution in [0.1, 0.15) is 35.5 Å². The number of hydrogen-bond acceptors (Lipinski definition) is 4. The zero-order valence-electron chi connectivity index (χ0n) is 20.4. The molecule has 3 heterocycles. The van der Waals surface area contributed by atoms with Crippen molar-refractivity contribution in [2.45, 2.75) is 26.8 Å². The number of aryl methyl sites for hydroxylation is 1. The highest BCUT2D eigenvalue weighted by Crippen LogP contribution is 2.31. The zero-order chi connectivity index (χ0) is 25.6. The van der Waals surface area contributed by atoms with Gasteiger partial charge in [0.15, 0.2) is 4.80 Å². The molecule has 8 heteroatoms. The Balaban J connectivity index is 1.69. The minimum Gasteiger partial charge on any atom is -0.352 e. The van der Waals surface area contributed by atoms with Gasteiger partial charge in [-0.15, -0.1) is 0 Å². The number of nitrogens with zero attached hydrogens (tertiary/aromatic N) is 3. The molecule has 2 aromatic heterocycles. The lowest BCUT2D eigenvalue weighted by Gasteiger charge is -2.25. The number of hydrogen-bond donors (Lipinski definition) is 1. The molecular weight excluding hydrogens is 492 g/mol. The van der Waals surface area contributed by atoms with Gasteiger partial charge in [-0.25, -0.2) is 4.99 Å². The van der Waals surface area contributed by atoms with Crippen molar-refractivity contribution in [2.75, 3.05) is 5.32 Å². The minimum absolute atomic E-state index is 0.183. The number of benzene rings is 2. The minimum atomic E-state index is -0.636. The van der Waals surface area contributed by atoms with E-state index in [-0.39, 0.29) is 11.5 Å². The summed E-state index contributed by atoms with van der Waals surface area (Å²) in [6.45, 7) is 5.88. The van der Waals surface area contributed by atoms with Crippen LogP contribution >= 0.6 is 22.9 Å². The number of rotatable bonds is 4. The third-order valence-electron chi connectivity index (χ3n) is 6.58. The van der Waals surface area contributed by atoms with Crippen molar-refractivity contribution in [3.8, 4) is 0 Å². The Hall–Kier alpha value is -3.68. The Labute approximate surface area is 217 Å². The lowest BCUT2D eigenvalue weighted by molar-refractivity contribution is -0.113. The first-order valence-electron chi connectivity index (χ1n) is 11.5. The van der Waals surface area contributed by atoms with E-state index in [9.17, 15) is 9.59 Å². The van der Waals surface area contributed by atoms with Crippen molar-refractivity contribution in [3.63, 3.8) is 0 Å². The summed E-state index contributed by atoms with van der Waals surface area (Å²) in [7, 11) is 2.01. The van der Waals surface area contributed by atoms with Crippen LogP contribution in [-0.4, -0.2) is 15.0 Å². The lowest BCUT2D eigenvalue weighted by Crippen LogP contribution is -2.40. The van der Waals surface area contributed by atoms with Crippen LogP contribution in [0.4, 0.5) is 5.69 Å². The summed E-state index contributed by atoms with van der Waals surface area (Å²) in [5.41, 5.74) is 5.44. The molecule has 4 aromatic rings. The molecule has 1 N–H and O–H groups in total. The normalized spacial score (nSPS) is 15.6. The van der Waals surface area contributed by atoms with Crippen LogP contribution in [0, 0.1) is 13.8 Å². The van der Waals surface area contributed by atoms with E-state index in [1.54, 1.807) is 16.7 Å². The maximum atomic E-state index is 13.8. The average molecular weight is 517 g/mol. The van der Waals surface area contributed by atoms with E-state index < -0.39 is 6.04 Å². The summed E-state index contributed by atoms with van der Waals surface area (Å²) >= 11 is 7.49. The molecule has 0 bridgehead atoms. The summed E-state index contributed by atoms with van der Waals surface area (Å²) in [5, 5.41) is 3.54. The molecule has 6 nitrogen and oxygen atoms in total. The van der Waals surface area contributed by atoms with Gasteiger partial charge >= 0.3 is 0 Å². The van der Waals surface area contributed by atoms with E-state index >= 15 is 0 Å². The Kier molecular flexibility index (Phi) is 6.28.